The summed E-state index contributed by atoms with van der Waals surface area (Å²) in [5.41, 5.74) is 2.94. The van der Waals surface area contributed by atoms with E-state index in [0.717, 1.165) is 19.1 Å². The van der Waals surface area contributed by atoms with Gasteiger partial charge in [0.15, 0.2) is 0 Å². The van der Waals surface area contributed by atoms with Gasteiger partial charge in [-0.05, 0) is 48.4 Å². The van der Waals surface area contributed by atoms with E-state index in [1.165, 1.54) is 22.5 Å². The highest BCUT2D eigenvalue weighted by Gasteiger charge is 2.31. The summed E-state index contributed by atoms with van der Waals surface area (Å²) in [4.78, 5) is 12.9. The van der Waals surface area contributed by atoms with E-state index in [1.807, 2.05) is 0 Å². The number of aryl methyl sites for hydroxylation is 1. The third-order valence-corrected chi connectivity index (χ3v) is 6.41. The summed E-state index contributed by atoms with van der Waals surface area (Å²) in [7, 11) is -2.15. The van der Waals surface area contributed by atoms with Crippen LogP contribution in [0.1, 0.15) is 50.7 Å². The number of ether oxygens (including phenoxy) is 1. The molecule has 0 saturated heterocycles. The van der Waals surface area contributed by atoms with Crippen molar-refractivity contribution in [2.45, 2.75) is 52.0 Å². The lowest BCUT2D eigenvalue weighted by molar-refractivity contribution is -0.122. The summed E-state index contributed by atoms with van der Waals surface area (Å²) in [5.74, 6) is 0.734. The van der Waals surface area contributed by atoms with Crippen molar-refractivity contribution in [1.29, 1.82) is 0 Å². The molecule has 1 amide bonds. The molecule has 0 aliphatic heterocycles. The molecule has 0 spiro atoms. The van der Waals surface area contributed by atoms with Gasteiger partial charge in [-0.3, -0.25) is 9.10 Å². The smallest absolute Gasteiger partial charge is 0.243 e. The van der Waals surface area contributed by atoms with Crippen LogP contribution in [0.25, 0.3) is 0 Å². The Labute approximate surface area is 186 Å². The van der Waals surface area contributed by atoms with E-state index >= 15 is 0 Å². The van der Waals surface area contributed by atoms with Crippen molar-refractivity contribution in [3.8, 4) is 5.75 Å². The maximum atomic E-state index is 12.9. The van der Waals surface area contributed by atoms with Crippen molar-refractivity contribution in [2.24, 2.45) is 0 Å². The normalized spacial score (nSPS) is 12.5. The number of hydrogen-bond donors (Lipinski definition) is 1. The van der Waals surface area contributed by atoms with Gasteiger partial charge in [-0.2, -0.15) is 0 Å². The minimum Gasteiger partial charge on any atom is -0.497 e. The van der Waals surface area contributed by atoms with Gasteiger partial charge >= 0.3 is 0 Å². The second-order valence-electron chi connectivity index (χ2n) is 7.98. The first-order valence-corrected chi connectivity index (χ1v) is 12.5. The Hall–Kier alpha value is -2.54. The van der Waals surface area contributed by atoms with Crippen LogP contribution in [0.3, 0.4) is 0 Å². The Morgan fingerprint density at radius 1 is 1.13 bits per heavy atom. The first-order valence-electron chi connectivity index (χ1n) is 10.7. The number of anilines is 1. The summed E-state index contributed by atoms with van der Waals surface area (Å²) < 4.78 is 31.5. The molecule has 0 saturated carbocycles. The maximum absolute atomic E-state index is 12.9. The topological polar surface area (TPSA) is 75.7 Å². The number of methoxy groups -OCH3 is 1. The summed E-state index contributed by atoms with van der Waals surface area (Å²) in [6, 6.07) is 14.4. The molecular formula is C24H34N2O4S. The van der Waals surface area contributed by atoms with Crippen LogP contribution >= 0.6 is 0 Å². The molecule has 6 nitrogen and oxygen atoms in total. The monoisotopic (exact) mass is 446 g/mol. The van der Waals surface area contributed by atoms with Gasteiger partial charge in [0, 0.05) is 12.6 Å². The minimum atomic E-state index is -3.67. The zero-order chi connectivity index (χ0) is 23.0. The maximum Gasteiger partial charge on any atom is 0.243 e. The lowest BCUT2D eigenvalue weighted by atomic mass is 10.0. The lowest BCUT2D eigenvalue weighted by Gasteiger charge is -2.30. The Morgan fingerprint density at radius 3 is 2.35 bits per heavy atom. The van der Waals surface area contributed by atoms with Crippen molar-refractivity contribution in [3.05, 3.63) is 59.7 Å². The van der Waals surface area contributed by atoms with Crippen LogP contribution in [0, 0.1) is 0 Å². The molecule has 0 aromatic heterocycles. The van der Waals surface area contributed by atoms with Crippen LogP contribution in [-0.2, 0) is 21.2 Å². The third-order valence-electron chi connectivity index (χ3n) is 5.23. The molecule has 1 N–H and O–H groups in total. The van der Waals surface area contributed by atoms with Gasteiger partial charge in [0.2, 0.25) is 15.9 Å². The standard InChI is InChI=1S/C24H34N2O4S/c1-6-23(26(31(5,28)29)21-10-7-11-22(17-21)30-4)24(27)25-16-8-9-19-12-14-20(15-13-19)18(2)3/h7,10-15,17-18,23H,6,8-9,16H2,1-5H3,(H,25,27)/t23-/m0/s1. The van der Waals surface area contributed by atoms with Crippen molar-refractivity contribution >= 4 is 21.6 Å². The van der Waals surface area contributed by atoms with Gasteiger partial charge < -0.3 is 10.1 Å². The molecule has 0 bridgehead atoms. The average Bonchev–Trinajstić information content (AvgIpc) is 2.74. The predicted molar refractivity (Wildman–Crippen MR) is 126 cm³/mol. The van der Waals surface area contributed by atoms with E-state index in [4.69, 9.17) is 4.74 Å². The molecule has 1 atom stereocenters. The molecule has 0 aliphatic rings. The molecule has 2 aromatic carbocycles. The number of amides is 1. The molecule has 7 heteroatoms. The number of benzene rings is 2. The first kappa shape index (κ1) is 24.7. The molecule has 0 heterocycles. The number of rotatable bonds is 11. The van der Waals surface area contributed by atoms with Gasteiger partial charge in [-0.25, -0.2) is 8.42 Å². The van der Waals surface area contributed by atoms with Crippen LogP contribution < -0.4 is 14.4 Å². The molecule has 2 aromatic rings. The highest BCUT2D eigenvalue weighted by atomic mass is 32.2. The van der Waals surface area contributed by atoms with E-state index in [9.17, 15) is 13.2 Å². The summed E-state index contributed by atoms with van der Waals surface area (Å²) in [6.07, 6.45) is 3.10. The summed E-state index contributed by atoms with van der Waals surface area (Å²) in [5, 5.41) is 2.91. The van der Waals surface area contributed by atoms with E-state index in [1.54, 1.807) is 31.2 Å². The number of sulfonamides is 1. The van der Waals surface area contributed by atoms with E-state index in [2.05, 4.69) is 43.4 Å². The fraction of sp³-hybridized carbons (Fsp3) is 0.458. The molecule has 0 radical (unpaired) electrons. The highest BCUT2D eigenvalue weighted by molar-refractivity contribution is 7.92. The molecule has 2 rings (SSSR count). The van der Waals surface area contributed by atoms with Gasteiger partial charge in [-0.1, -0.05) is 51.1 Å². The van der Waals surface area contributed by atoms with E-state index in [-0.39, 0.29) is 5.91 Å². The van der Waals surface area contributed by atoms with Crippen molar-refractivity contribution in [2.75, 3.05) is 24.2 Å². The molecule has 0 fully saturated rings. The van der Waals surface area contributed by atoms with Crippen LogP contribution in [-0.4, -0.2) is 40.3 Å². The van der Waals surface area contributed by atoms with Gasteiger partial charge in [0.1, 0.15) is 11.8 Å². The molecule has 170 valence electrons. The van der Waals surface area contributed by atoms with E-state index < -0.39 is 16.1 Å². The van der Waals surface area contributed by atoms with Crippen LogP contribution in [0.2, 0.25) is 0 Å². The summed E-state index contributed by atoms with van der Waals surface area (Å²) in [6.45, 7) is 6.62. The Bertz CT molecular complexity index is 956. The molecular weight excluding hydrogens is 412 g/mol. The van der Waals surface area contributed by atoms with E-state index in [0.29, 0.717) is 30.3 Å². The highest BCUT2D eigenvalue weighted by Crippen LogP contribution is 2.26. The number of nitrogens with zero attached hydrogens (tertiary/aromatic N) is 1. The minimum absolute atomic E-state index is 0.300. The average molecular weight is 447 g/mol. The molecule has 0 aliphatic carbocycles. The lowest BCUT2D eigenvalue weighted by Crippen LogP contribution is -2.49. The van der Waals surface area contributed by atoms with Gasteiger partial charge in [0.05, 0.1) is 19.1 Å². The molecule has 0 unspecified atom stereocenters. The fourth-order valence-electron chi connectivity index (χ4n) is 3.50. The Balaban J connectivity index is 2.02. The summed E-state index contributed by atoms with van der Waals surface area (Å²) >= 11 is 0. The van der Waals surface area contributed by atoms with Gasteiger partial charge in [0.25, 0.3) is 0 Å². The fourth-order valence-corrected chi connectivity index (χ4v) is 4.70. The Kier molecular flexibility index (Phi) is 8.92. The first-order chi connectivity index (χ1) is 14.7. The SMILES string of the molecule is CC[C@@H](C(=O)NCCCc1ccc(C(C)C)cc1)N(c1cccc(OC)c1)S(C)(=O)=O. The van der Waals surface area contributed by atoms with Crippen LogP contribution in [0.15, 0.2) is 48.5 Å². The number of carbonyl (C=O) groups excluding carboxylic acids is 1. The molecule has 31 heavy (non-hydrogen) atoms. The van der Waals surface area contributed by atoms with Crippen LogP contribution in [0.4, 0.5) is 5.69 Å². The zero-order valence-electron chi connectivity index (χ0n) is 19.1. The second-order valence-corrected chi connectivity index (χ2v) is 9.83. The second kappa shape index (κ2) is 11.2. The number of nitrogens with one attached hydrogen (secondary N) is 1. The largest absolute Gasteiger partial charge is 0.497 e. The van der Waals surface area contributed by atoms with Crippen molar-refractivity contribution in [1.82, 2.24) is 5.32 Å². The number of carbonyl (C=O) groups is 1. The third kappa shape index (κ3) is 6.99. The van der Waals surface area contributed by atoms with Gasteiger partial charge in [-0.15, -0.1) is 0 Å². The zero-order valence-corrected chi connectivity index (χ0v) is 19.9. The number of hydrogen-bond acceptors (Lipinski definition) is 4. The van der Waals surface area contributed by atoms with Crippen molar-refractivity contribution in [3.63, 3.8) is 0 Å². The Morgan fingerprint density at radius 2 is 1.81 bits per heavy atom. The quantitative estimate of drug-likeness (QED) is 0.527. The van der Waals surface area contributed by atoms with Crippen LogP contribution in [0.5, 0.6) is 5.75 Å². The van der Waals surface area contributed by atoms with Crippen molar-refractivity contribution < 1.29 is 17.9 Å². The predicted octanol–water partition coefficient (Wildman–Crippen LogP) is 4.11.